The number of anilines is 1. The maximum Gasteiger partial charge on any atom is 0.439 e. The fourth-order valence-corrected chi connectivity index (χ4v) is 2.63. The van der Waals surface area contributed by atoms with Crippen molar-refractivity contribution < 1.29 is 49.4 Å². The van der Waals surface area contributed by atoms with Gasteiger partial charge >= 0.3 is 12.3 Å². The lowest BCUT2D eigenvalue weighted by Crippen LogP contribution is -2.45. The van der Waals surface area contributed by atoms with Crippen LogP contribution in [-0.2, 0) is 0 Å². The van der Waals surface area contributed by atoms with Gasteiger partial charge in [-0.1, -0.05) is 23.2 Å². The molecule has 1 atom stereocenters. The summed E-state index contributed by atoms with van der Waals surface area (Å²) >= 11 is 11.3. The molecule has 0 heterocycles. The third-order valence-electron chi connectivity index (χ3n) is 3.68. The molecule has 2 aromatic carbocycles. The van der Waals surface area contributed by atoms with Crippen molar-refractivity contribution in [2.24, 2.45) is 5.73 Å². The number of rotatable bonds is 6. The van der Waals surface area contributed by atoms with E-state index in [1.54, 1.807) is 0 Å². The summed E-state index contributed by atoms with van der Waals surface area (Å²) in [6.45, 7) is 0. The lowest BCUT2D eigenvalue weighted by atomic mass is 10.1. The number of nitrogens with one attached hydrogen (secondary N) is 1. The zero-order valence-electron chi connectivity index (χ0n) is 15.0. The quantitative estimate of drug-likeness (QED) is 0.504. The minimum absolute atomic E-state index is 0.406. The van der Waals surface area contributed by atoms with Gasteiger partial charge in [-0.15, -0.1) is 0 Å². The highest BCUT2D eigenvalue weighted by Crippen LogP contribution is 2.41. The molecule has 15 heteroatoms. The molecular formula is C17H8Cl2F8N2O3. The molecule has 0 aliphatic heterocycles. The SMILES string of the molecule is NC(=O)c1ccc(F)c(C(=O)Nc2cc(Cl)c(OC(F)(F)C(F)C(F)(F)F)cc2Cl)c1F. The Kier molecular flexibility index (Phi) is 7.15. The Morgan fingerprint density at radius 2 is 1.62 bits per heavy atom. The Balaban J connectivity index is 2.35. The molecular weight excluding hydrogens is 503 g/mol. The van der Waals surface area contributed by atoms with Gasteiger partial charge < -0.3 is 15.8 Å². The van der Waals surface area contributed by atoms with E-state index in [0.717, 1.165) is 0 Å². The number of halogens is 10. The van der Waals surface area contributed by atoms with E-state index in [1.165, 1.54) is 0 Å². The van der Waals surface area contributed by atoms with Crippen LogP contribution >= 0.6 is 23.2 Å². The first kappa shape index (κ1) is 25.5. The highest BCUT2D eigenvalue weighted by Gasteiger charge is 2.59. The Hall–Kier alpha value is -2.80. The van der Waals surface area contributed by atoms with Crippen molar-refractivity contribution in [1.82, 2.24) is 0 Å². The summed E-state index contributed by atoms with van der Waals surface area (Å²) in [7, 11) is 0. The molecule has 174 valence electrons. The molecule has 0 saturated heterocycles. The number of ether oxygens (including phenoxy) is 1. The second-order valence-corrected chi connectivity index (χ2v) is 6.75. The molecule has 0 bridgehead atoms. The summed E-state index contributed by atoms with van der Waals surface area (Å²) in [6, 6.07) is 2.24. The summed E-state index contributed by atoms with van der Waals surface area (Å²) in [5, 5.41) is 0.306. The highest BCUT2D eigenvalue weighted by molar-refractivity contribution is 6.36. The minimum atomic E-state index is -5.96. The summed E-state index contributed by atoms with van der Waals surface area (Å²) in [5.41, 5.74) is 2.27. The van der Waals surface area contributed by atoms with Crippen LogP contribution in [0.3, 0.4) is 0 Å². The van der Waals surface area contributed by atoms with E-state index in [9.17, 15) is 44.7 Å². The third kappa shape index (κ3) is 5.33. The van der Waals surface area contributed by atoms with E-state index in [4.69, 9.17) is 28.9 Å². The van der Waals surface area contributed by atoms with Crippen LogP contribution in [0.4, 0.5) is 40.8 Å². The molecule has 0 fully saturated rings. The average molecular weight is 511 g/mol. The number of carbonyl (C=O) groups is 2. The smallest absolute Gasteiger partial charge is 0.428 e. The fraction of sp³-hybridized carbons (Fsp3) is 0.176. The van der Waals surface area contributed by atoms with Crippen molar-refractivity contribution in [1.29, 1.82) is 0 Å². The topological polar surface area (TPSA) is 81.4 Å². The summed E-state index contributed by atoms with van der Waals surface area (Å²) in [6.07, 6.45) is -16.0. The molecule has 1 unspecified atom stereocenters. The third-order valence-corrected chi connectivity index (χ3v) is 4.29. The zero-order valence-corrected chi connectivity index (χ0v) is 16.5. The molecule has 5 nitrogen and oxygen atoms in total. The lowest BCUT2D eigenvalue weighted by molar-refractivity contribution is -0.304. The first-order valence-electron chi connectivity index (χ1n) is 7.92. The number of hydrogen-bond acceptors (Lipinski definition) is 3. The van der Waals surface area contributed by atoms with Crippen molar-refractivity contribution >= 4 is 40.7 Å². The maximum atomic E-state index is 14.2. The van der Waals surface area contributed by atoms with Crippen molar-refractivity contribution in [2.75, 3.05) is 5.32 Å². The van der Waals surface area contributed by atoms with Gasteiger partial charge in [-0.25, -0.2) is 13.2 Å². The molecule has 0 aliphatic rings. The molecule has 2 amide bonds. The normalized spacial score (nSPS) is 12.9. The van der Waals surface area contributed by atoms with E-state index < -0.39 is 74.5 Å². The largest absolute Gasteiger partial charge is 0.439 e. The van der Waals surface area contributed by atoms with Crippen LogP contribution in [0.1, 0.15) is 20.7 Å². The van der Waals surface area contributed by atoms with E-state index >= 15 is 0 Å². The van der Waals surface area contributed by atoms with Crippen LogP contribution in [0.5, 0.6) is 5.75 Å². The molecule has 0 aromatic heterocycles. The summed E-state index contributed by atoms with van der Waals surface area (Å²) in [4.78, 5) is 23.4. The van der Waals surface area contributed by atoms with Crippen molar-refractivity contribution in [3.8, 4) is 5.75 Å². The van der Waals surface area contributed by atoms with E-state index in [2.05, 4.69) is 4.74 Å². The second-order valence-electron chi connectivity index (χ2n) is 5.93. The van der Waals surface area contributed by atoms with E-state index in [0.29, 0.717) is 24.3 Å². The number of benzene rings is 2. The predicted octanol–water partition coefficient (Wildman–Crippen LogP) is 5.49. The van der Waals surface area contributed by atoms with Crippen LogP contribution in [-0.4, -0.2) is 30.3 Å². The van der Waals surface area contributed by atoms with Crippen molar-refractivity contribution in [2.45, 2.75) is 18.5 Å². The van der Waals surface area contributed by atoms with Gasteiger partial charge in [0.15, 0.2) is 5.82 Å². The van der Waals surface area contributed by atoms with Gasteiger partial charge in [0.1, 0.15) is 17.1 Å². The van der Waals surface area contributed by atoms with E-state index in [1.807, 2.05) is 5.32 Å². The predicted molar refractivity (Wildman–Crippen MR) is 95.8 cm³/mol. The standard InChI is InChI=1S/C17H8Cl2F8N2O3/c18-6-4-10(32-17(26,27)15(22)16(23,24)25)7(19)3-9(6)29-14(31)11-8(20)2-1-5(12(11)21)13(28)30/h1-4,15H,(H2,28,30)(H,29,31). The van der Waals surface area contributed by atoms with Crippen LogP contribution in [0, 0.1) is 11.6 Å². The van der Waals surface area contributed by atoms with Gasteiger partial charge in [0.05, 0.1) is 21.3 Å². The fourth-order valence-electron chi connectivity index (χ4n) is 2.23. The molecule has 32 heavy (non-hydrogen) atoms. The van der Waals surface area contributed by atoms with Crippen LogP contribution in [0.2, 0.25) is 10.0 Å². The molecule has 3 N–H and O–H groups in total. The Bertz CT molecular complexity index is 1080. The second kappa shape index (κ2) is 8.98. The van der Waals surface area contributed by atoms with Gasteiger partial charge in [0.2, 0.25) is 0 Å². The summed E-state index contributed by atoms with van der Waals surface area (Å²) < 4.78 is 108. The van der Waals surface area contributed by atoms with Crippen molar-refractivity contribution in [3.63, 3.8) is 0 Å². The molecule has 2 rings (SSSR count). The number of nitrogens with two attached hydrogens (primary N) is 1. The lowest BCUT2D eigenvalue weighted by Gasteiger charge is -2.24. The van der Waals surface area contributed by atoms with E-state index in [-0.39, 0.29) is 0 Å². The van der Waals surface area contributed by atoms with Gasteiger partial charge in [0.25, 0.3) is 18.0 Å². The monoisotopic (exact) mass is 510 g/mol. The van der Waals surface area contributed by atoms with Crippen molar-refractivity contribution in [3.05, 3.63) is 57.1 Å². The molecule has 2 aromatic rings. The number of amides is 2. The van der Waals surface area contributed by atoms with Gasteiger partial charge in [0, 0.05) is 6.07 Å². The first-order valence-corrected chi connectivity index (χ1v) is 8.67. The zero-order chi connectivity index (χ0) is 24.6. The molecule has 0 saturated carbocycles. The highest BCUT2D eigenvalue weighted by atomic mass is 35.5. The van der Waals surface area contributed by atoms with Gasteiger partial charge in [-0.2, -0.15) is 22.0 Å². The number of hydrogen-bond donors (Lipinski definition) is 2. The van der Waals surface area contributed by atoms with Gasteiger partial charge in [-0.3, -0.25) is 9.59 Å². The number of carbonyl (C=O) groups excluding carboxylic acids is 2. The van der Waals surface area contributed by atoms with Crippen LogP contribution in [0.15, 0.2) is 24.3 Å². The maximum absolute atomic E-state index is 14.2. The number of primary amides is 1. The first-order chi connectivity index (χ1) is 14.6. The Morgan fingerprint density at radius 1 is 1.03 bits per heavy atom. The van der Waals surface area contributed by atoms with Crippen LogP contribution < -0.4 is 15.8 Å². The number of alkyl halides is 6. The summed E-state index contributed by atoms with van der Waals surface area (Å²) in [5.74, 6) is -7.04. The Labute approximate surface area is 183 Å². The molecule has 0 spiro atoms. The van der Waals surface area contributed by atoms with Crippen LogP contribution in [0.25, 0.3) is 0 Å². The Morgan fingerprint density at radius 3 is 2.16 bits per heavy atom. The average Bonchev–Trinajstić information content (AvgIpc) is 2.63. The molecule has 0 radical (unpaired) electrons. The minimum Gasteiger partial charge on any atom is -0.428 e. The van der Waals surface area contributed by atoms with Gasteiger partial charge in [-0.05, 0) is 18.2 Å². The molecule has 0 aliphatic carbocycles.